The molecule has 1 saturated heterocycles. The number of likely N-dealkylation sites (tertiary alicyclic amines) is 1. The molecular weight excluding hydrogens is 462 g/mol. The predicted octanol–water partition coefficient (Wildman–Crippen LogP) is 6.07. The number of benzene rings is 3. The summed E-state index contributed by atoms with van der Waals surface area (Å²) in [5.41, 5.74) is 4.89. The summed E-state index contributed by atoms with van der Waals surface area (Å²) in [4.78, 5) is 27.4. The molecule has 0 spiro atoms. The molecule has 0 radical (unpaired) electrons. The van der Waals surface area contributed by atoms with Gasteiger partial charge < -0.3 is 14.4 Å². The van der Waals surface area contributed by atoms with Crippen LogP contribution in [0.3, 0.4) is 0 Å². The van der Waals surface area contributed by atoms with E-state index in [1.54, 1.807) is 12.1 Å². The molecule has 1 aliphatic heterocycles. The van der Waals surface area contributed by atoms with Crippen LogP contribution in [0.4, 0.5) is 0 Å². The number of carbonyl (C=O) groups is 2. The van der Waals surface area contributed by atoms with E-state index in [0.717, 1.165) is 61.3 Å². The van der Waals surface area contributed by atoms with E-state index in [4.69, 9.17) is 9.47 Å². The zero-order valence-electron chi connectivity index (χ0n) is 21.5. The number of ketones is 1. The number of aryl methyl sites for hydroxylation is 1. The van der Waals surface area contributed by atoms with Crippen molar-refractivity contribution in [3.05, 3.63) is 101 Å². The largest absolute Gasteiger partial charge is 0.489 e. The molecule has 37 heavy (non-hydrogen) atoms. The van der Waals surface area contributed by atoms with E-state index >= 15 is 0 Å². The smallest absolute Gasteiger partial charge is 0.337 e. The van der Waals surface area contributed by atoms with Gasteiger partial charge in [0.15, 0.2) is 5.78 Å². The topological polar surface area (TPSA) is 55.8 Å². The van der Waals surface area contributed by atoms with Crippen molar-refractivity contribution in [3.63, 3.8) is 0 Å². The van der Waals surface area contributed by atoms with E-state index in [1.165, 1.54) is 25.5 Å². The number of nitrogens with zero attached hydrogens (tertiary/aromatic N) is 1. The van der Waals surface area contributed by atoms with E-state index in [-0.39, 0.29) is 17.7 Å². The van der Waals surface area contributed by atoms with Crippen molar-refractivity contribution in [2.24, 2.45) is 5.92 Å². The Morgan fingerprint density at radius 1 is 0.946 bits per heavy atom. The Hall–Kier alpha value is -3.44. The first-order chi connectivity index (χ1) is 18.1. The highest BCUT2D eigenvalue weighted by Gasteiger charge is 2.29. The lowest BCUT2D eigenvalue weighted by Gasteiger charge is -2.33. The summed E-state index contributed by atoms with van der Waals surface area (Å²) in [6.07, 6.45) is 5.15. The highest BCUT2D eigenvalue weighted by atomic mass is 16.5. The van der Waals surface area contributed by atoms with E-state index in [9.17, 15) is 9.59 Å². The average molecular weight is 498 g/mol. The number of esters is 1. The van der Waals surface area contributed by atoms with Crippen LogP contribution in [0, 0.1) is 5.92 Å². The zero-order chi connectivity index (χ0) is 25.6. The molecule has 1 aliphatic carbocycles. The highest BCUT2D eigenvalue weighted by Crippen LogP contribution is 2.32. The maximum absolute atomic E-state index is 13.2. The number of fused-ring (bicyclic) bond motifs is 1. The third-order valence-electron chi connectivity index (χ3n) is 7.91. The number of piperidine rings is 1. The summed E-state index contributed by atoms with van der Waals surface area (Å²) in [5, 5.41) is 0. The van der Waals surface area contributed by atoms with Gasteiger partial charge in [0.2, 0.25) is 0 Å². The fourth-order valence-corrected chi connectivity index (χ4v) is 5.64. The molecule has 5 rings (SSSR count). The van der Waals surface area contributed by atoms with E-state index in [2.05, 4.69) is 35.2 Å². The van der Waals surface area contributed by atoms with E-state index in [1.807, 2.05) is 30.3 Å². The maximum Gasteiger partial charge on any atom is 0.337 e. The number of Topliss-reactive ketones (excluding diaryl/α,β-unsaturated/α-hetero) is 1. The fraction of sp³-hybridized carbons (Fsp3) is 0.375. The van der Waals surface area contributed by atoms with Gasteiger partial charge in [-0.15, -0.1) is 0 Å². The molecule has 2 aliphatic rings. The van der Waals surface area contributed by atoms with Crippen molar-refractivity contribution in [1.82, 2.24) is 4.90 Å². The van der Waals surface area contributed by atoms with Gasteiger partial charge in [-0.25, -0.2) is 4.79 Å². The lowest BCUT2D eigenvalue weighted by molar-refractivity contribution is 0.0600. The van der Waals surface area contributed by atoms with Gasteiger partial charge in [-0.2, -0.15) is 0 Å². The van der Waals surface area contributed by atoms with Gasteiger partial charge in [0.1, 0.15) is 12.4 Å². The van der Waals surface area contributed by atoms with Gasteiger partial charge in [-0.05, 0) is 105 Å². The minimum absolute atomic E-state index is 0.111. The molecule has 192 valence electrons. The van der Waals surface area contributed by atoms with Crippen LogP contribution in [-0.2, 0) is 17.8 Å². The van der Waals surface area contributed by atoms with Gasteiger partial charge in [-0.1, -0.05) is 42.5 Å². The molecule has 0 amide bonds. The normalized spacial score (nSPS) is 18.3. The summed E-state index contributed by atoms with van der Waals surface area (Å²) >= 11 is 0. The van der Waals surface area contributed by atoms with Crippen molar-refractivity contribution < 1.29 is 19.1 Å². The molecule has 0 bridgehead atoms. The number of ether oxygens (including phenoxy) is 2. The monoisotopic (exact) mass is 497 g/mol. The van der Waals surface area contributed by atoms with Crippen molar-refractivity contribution in [1.29, 1.82) is 0 Å². The first-order valence-electron chi connectivity index (χ1n) is 13.3. The first kappa shape index (κ1) is 25.2. The summed E-state index contributed by atoms with van der Waals surface area (Å²) in [7, 11) is 1.37. The Kier molecular flexibility index (Phi) is 8.00. The number of hydrogen-bond acceptors (Lipinski definition) is 5. The van der Waals surface area contributed by atoms with E-state index < -0.39 is 0 Å². The second kappa shape index (κ2) is 11.7. The molecule has 0 N–H and O–H groups in total. The quantitative estimate of drug-likeness (QED) is 0.354. The standard InChI is InChI=1S/C32H35NO4/c1-36-32(35)27-9-7-23(8-10-27)22-37-29-13-14-30-28(21-29)12-11-26(31(30)34)17-20-33-18-15-25(16-19-33)24-5-3-2-4-6-24/h2-10,13-14,21,25-26H,11-12,15-20,22H2,1H3. The summed E-state index contributed by atoms with van der Waals surface area (Å²) in [6, 6.07) is 23.9. The van der Waals surface area contributed by atoms with Crippen LogP contribution in [0.5, 0.6) is 5.75 Å². The molecule has 3 aromatic rings. The Labute approximate surface area is 219 Å². The lowest BCUT2D eigenvalue weighted by atomic mass is 9.80. The molecule has 1 atom stereocenters. The molecule has 3 aromatic carbocycles. The van der Waals surface area contributed by atoms with Crippen LogP contribution in [0.15, 0.2) is 72.8 Å². The molecule has 1 unspecified atom stereocenters. The van der Waals surface area contributed by atoms with Gasteiger partial charge >= 0.3 is 5.97 Å². The Bertz CT molecular complexity index is 1210. The highest BCUT2D eigenvalue weighted by molar-refractivity contribution is 6.00. The van der Waals surface area contributed by atoms with Crippen LogP contribution >= 0.6 is 0 Å². The Balaban J connectivity index is 1.10. The molecule has 5 nitrogen and oxygen atoms in total. The molecule has 0 saturated carbocycles. The van der Waals surface area contributed by atoms with Gasteiger partial charge in [0.25, 0.3) is 0 Å². The maximum atomic E-state index is 13.2. The minimum Gasteiger partial charge on any atom is -0.489 e. The van der Waals surface area contributed by atoms with Crippen LogP contribution in [0.2, 0.25) is 0 Å². The summed E-state index contributed by atoms with van der Waals surface area (Å²) < 4.78 is 10.7. The Morgan fingerprint density at radius 3 is 2.43 bits per heavy atom. The first-order valence-corrected chi connectivity index (χ1v) is 13.3. The predicted molar refractivity (Wildman–Crippen MR) is 144 cm³/mol. The molecule has 1 fully saturated rings. The lowest BCUT2D eigenvalue weighted by Crippen LogP contribution is -2.35. The van der Waals surface area contributed by atoms with E-state index in [0.29, 0.717) is 18.1 Å². The van der Waals surface area contributed by atoms with Crippen LogP contribution in [-0.4, -0.2) is 43.4 Å². The van der Waals surface area contributed by atoms with Crippen LogP contribution < -0.4 is 4.74 Å². The fourth-order valence-electron chi connectivity index (χ4n) is 5.64. The second-order valence-electron chi connectivity index (χ2n) is 10.2. The zero-order valence-corrected chi connectivity index (χ0v) is 21.5. The average Bonchev–Trinajstić information content (AvgIpc) is 2.96. The minimum atomic E-state index is -0.349. The SMILES string of the molecule is COC(=O)c1ccc(COc2ccc3c(c2)CCC(CCN2CCC(c4ccccc4)CC2)C3=O)cc1. The number of carbonyl (C=O) groups excluding carboxylic acids is 2. The van der Waals surface area contributed by atoms with Crippen molar-refractivity contribution >= 4 is 11.8 Å². The Morgan fingerprint density at radius 2 is 1.70 bits per heavy atom. The summed E-state index contributed by atoms with van der Waals surface area (Å²) in [6.45, 7) is 3.63. The molecule has 0 aromatic heterocycles. The van der Waals surface area contributed by atoms with Crippen molar-refractivity contribution in [3.8, 4) is 5.75 Å². The van der Waals surface area contributed by atoms with Gasteiger partial charge in [0, 0.05) is 11.5 Å². The third-order valence-corrected chi connectivity index (χ3v) is 7.91. The second-order valence-corrected chi connectivity index (χ2v) is 10.2. The van der Waals surface area contributed by atoms with Crippen LogP contribution in [0.25, 0.3) is 0 Å². The van der Waals surface area contributed by atoms with Crippen LogP contribution in [0.1, 0.15) is 69.0 Å². The van der Waals surface area contributed by atoms with Crippen molar-refractivity contribution in [2.75, 3.05) is 26.7 Å². The third kappa shape index (κ3) is 6.11. The number of rotatable bonds is 8. The van der Waals surface area contributed by atoms with Crippen molar-refractivity contribution in [2.45, 2.75) is 44.6 Å². The van der Waals surface area contributed by atoms with Gasteiger partial charge in [0.05, 0.1) is 12.7 Å². The summed E-state index contributed by atoms with van der Waals surface area (Å²) in [5.74, 6) is 1.47. The van der Waals surface area contributed by atoms with Gasteiger partial charge in [-0.3, -0.25) is 4.79 Å². The number of hydrogen-bond donors (Lipinski definition) is 0. The molecule has 5 heteroatoms. The molecular formula is C32H35NO4. The number of methoxy groups -OCH3 is 1. The molecule has 1 heterocycles.